The number of hydrogen-bond donors (Lipinski definition) is 3. The van der Waals surface area contributed by atoms with Gasteiger partial charge in [-0.2, -0.15) is 0 Å². The highest BCUT2D eigenvalue weighted by Crippen LogP contribution is 2.19. The minimum atomic E-state index is -1.68. The molecule has 0 aliphatic carbocycles. The number of nitrogens with one attached hydrogen (secondary N) is 2. The normalized spacial score (nSPS) is 12.7. The van der Waals surface area contributed by atoms with E-state index in [1.54, 1.807) is 20.8 Å². The summed E-state index contributed by atoms with van der Waals surface area (Å²) < 4.78 is 39.1. The van der Waals surface area contributed by atoms with Crippen molar-refractivity contribution in [2.75, 3.05) is 11.9 Å². The summed E-state index contributed by atoms with van der Waals surface area (Å²) in [7, 11) is 0. The Balaban J connectivity index is 2.62. The maximum atomic E-state index is 13.4. The predicted molar refractivity (Wildman–Crippen MR) is 75.4 cm³/mol. The quantitative estimate of drug-likeness (QED) is 0.736. The lowest BCUT2D eigenvalue weighted by molar-refractivity contribution is -0.126. The molecule has 1 aromatic rings. The standard InChI is InChI=1S/C14H18F3N3O2/c1-14(2,3)12(18)13(22)19-6-9(21)20-8-5-4-7(15)10(16)11(8)17/h4-5,12H,6,18H2,1-3H3,(H,19,22)(H,20,21)/t12-/m1/s1. The fourth-order valence-electron chi connectivity index (χ4n) is 1.49. The molecule has 0 aliphatic heterocycles. The number of benzene rings is 1. The highest BCUT2D eigenvalue weighted by molar-refractivity contribution is 5.95. The molecule has 0 heterocycles. The van der Waals surface area contributed by atoms with Gasteiger partial charge in [-0.15, -0.1) is 0 Å². The zero-order valence-corrected chi connectivity index (χ0v) is 12.5. The third-order valence-electron chi connectivity index (χ3n) is 2.95. The van der Waals surface area contributed by atoms with Crippen LogP contribution in [-0.2, 0) is 9.59 Å². The third-order valence-corrected chi connectivity index (χ3v) is 2.95. The summed E-state index contributed by atoms with van der Waals surface area (Å²) >= 11 is 0. The minimum Gasteiger partial charge on any atom is -0.346 e. The molecule has 0 radical (unpaired) electrons. The van der Waals surface area contributed by atoms with Crippen molar-refractivity contribution in [1.29, 1.82) is 0 Å². The predicted octanol–water partition coefficient (Wildman–Crippen LogP) is 1.53. The zero-order chi connectivity index (χ0) is 17.1. The number of rotatable bonds is 4. The zero-order valence-electron chi connectivity index (χ0n) is 12.5. The molecule has 1 rings (SSSR count). The first kappa shape index (κ1) is 18.0. The Morgan fingerprint density at radius 2 is 1.77 bits per heavy atom. The van der Waals surface area contributed by atoms with Crippen molar-refractivity contribution in [3.8, 4) is 0 Å². The number of anilines is 1. The Hall–Kier alpha value is -2.09. The van der Waals surface area contributed by atoms with Gasteiger partial charge >= 0.3 is 0 Å². The molecule has 0 saturated heterocycles. The average molecular weight is 317 g/mol. The molecule has 0 aromatic heterocycles. The van der Waals surface area contributed by atoms with Crippen molar-refractivity contribution < 1.29 is 22.8 Å². The van der Waals surface area contributed by atoms with Crippen molar-refractivity contribution in [3.63, 3.8) is 0 Å². The summed E-state index contributed by atoms with van der Waals surface area (Å²) in [6.45, 7) is 4.80. The summed E-state index contributed by atoms with van der Waals surface area (Å²) in [5, 5.41) is 4.32. The number of halogens is 3. The van der Waals surface area contributed by atoms with Gasteiger partial charge in [0.2, 0.25) is 11.8 Å². The summed E-state index contributed by atoms with van der Waals surface area (Å²) in [5.41, 5.74) is 4.69. The van der Waals surface area contributed by atoms with E-state index in [4.69, 9.17) is 5.73 Å². The highest BCUT2D eigenvalue weighted by Gasteiger charge is 2.27. The molecular formula is C14H18F3N3O2. The second kappa shape index (κ2) is 6.78. The van der Waals surface area contributed by atoms with Crippen LogP contribution in [0.5, 0.6) is 0 Å². The van der Waals surface area contributed by atoms with Crippen molar-refractivity contribution in [2.45, 2.75) is 26.8 Å². The Kier molecular flexibility index (Phi) is 5.54. The van der Waals surface area contributed by atoms with Gasteiger partial charge in [0.15, 0.2) is 17.5 Å². The van der Waals surface area contributed by atoms with E-state index in [0.717, 1.165) is 6.07 Å². The van der Waals surface area contributed by atoms with Crippen LogP contribution in [0.1, 0.15) is 20.8 Å². The molecule has 0 unspecified atom stereocenters. The molecule has 0 aliphatic rings. The van der Waals surface area contributed by atoms with Gasteiger partial charge in [0.05, 0.1) is 18.3 Å². The highest BCUT2D eigenvalue weighted by atomic mass is 19.2. The van der Waals surface area contributed by atoms with Crippen LogP contribution in [-0.4, -0.2) is 24.4 Å². The van der Waals surface area contributed by atoms with E-state index in [2.05, 4.69) is 5.32 Å². The van der Waals surface area contributed by atoms with Crippen LogP contribution >= 0.6 is 0 Å². The molecule has 1 aromatic carbocycles. The van der Waals surface area contributed by atoms with E-state index in [1.165, 1.54) is 0 Å². The molecule has 122 valence electrons. The first-order chi connectivity index (χ1) is 10.0. The van der Waals surface area contributed by atoms with Crippen LogP contribution in [0.4, 0.5) is 18.9 Å². The number of carbonyl (C=O) groups is 2. The van der Waals surface area contributed by atoms with E-state index in [-0.39, 0.29) is 0 Å². The molecule has 0 spiro atoms. The Labute approximate surface area is 126 Å². The summed E-state index contributed by atoms with van der Waals surface area (Å²) in [5.74, 6) is -5.89. The molecule has 0 saturated carbocycles. The van der Waals surface area contributed by atoms with E-state index in [0.29, 0.717) is 6.07 Å². The van der Waals surface area contributed by atoms with Gasteiger partial charge in [-0.05, 0) is 17.5 Å². The van der Waals surface area contributed by atoms with Gasteiger partial charge < -0.3 is 16.4 Å². The number of amides is 2. The number of carbonyl (C=O) groups excluding carboxylic acids is 2. The van der Waals surface area contributed by atoms with E-state index >= 15 is 0 Å². The summed E-state index contributed by atoms with van der Waals surface area (Å²) in [4.78, 5) is 23.3. The molecule has 0 fully saturated rings. The van der Waals surface area contributed by atoms with Crippen LogP contribution in [0.2, 0.25) is 0 Å². The van der Waals surface area contributed by atoms with Gasteiger partial charge in [-0.1, -0.05) is 20.8 Å². The molecular weight excluding hydrogens is 299 g/mol. The van der Waals surface area contributed by atoms with Crippen molar-refractivity contribution in [2.24, 2.45) is 11.1 Å². The monoisotopic (exact) mass is 317 g/mol. The second-order valence-corrected chi connectivity index (χ2v) is 5.83. The van der Waals surface area contributed by atoms with Crippen LogP contribution in [0.15, 0.2) is 12.1 Å². The number of hydrogen-bond acceptors (Lipinski definition) is 3. The lowest BCUT2D eigenvalue weighted by Gasteiger charge is -2.25. The molecule has 0 bridgehead atoms. The minimum absolute atomic E-state index is 0.471. The SMILES string of the molecule is CC(C)(C)[C@H](N)C(=O)NCC(=O)Nc1ccc(F)c(F)c1F. The van der Waals surface area contributed by atoms with Crippen LogP contribution in [0.25, 0.3) is 0 Å². The lowest BCUT2D eigenvalue weighted by Crippen LogP contribution is -2.50. The molecule has 2 amide bonds. The third kappa shape index (κ3) is 4.45. The topological polar surface area (TPSA) is 84.2 Å². The van der Waals surface area contributed by atoms with Crippen molar-refractivity contribution in [1.82, 2.24) is 5.32 Å². The molecule has 1 atom stereocenters. The van der Waals surface area contributed by atoms with Gasteiger partial charge in [-0.3, -0.25) is 9.59 Å². The van der Waals surface area contributed by atoms with Gasteiger partial charge in [0.25, 0.3) is 0 Å². The first-order valence-electron chi connectivity index (χ1n) is 6.50. The van der Waals surface area contributed by atoms with Crippen molar-refractivity contribution >= 4 is 17.5 Å². The molecule has 22 heavy (non-hydrogen) atoms. The van der Waals surface area contributed by atoms with Crippen LogP contribution < -0.4 is 16.4 Å². The second-order valence-electron chi connectivity index (χ2n) is 5.83. The first-order valence-corrected chi connectivity index (χ1v) is 6.50. The van der Waals surface area contributed by atoms with Crippen LogP contribution in [0, 0.1) is 22.9 Å². The Morgan fingerprint density at radius 3 is 2.32 bits per heavy atom. The fraction of sp³-hybridized carbons (Fsp3) is 0.429. The fourth-order valence-corrected chi connectivity index (χ4v) is 1.49. The molecule has 4 N–H and O–H groups in total. The molecule has 5 nitrogen and oxygen atoms in total. The van der Waals surface area contributed by atoms with Gasteiger partial charge in [-0.25, -0.2) is 13.2 Å². The van der Waals surface area contributed by atoms with Gasteiger partial charge in [0.1, 0.15) is 0 Å². The van der Waals surface area contributed by atoms with E-state index in [9.17, 15) is 22.8 Å². The average Bonchev–Trinajstić information content (AvgIpc) is 2.43. The Morgan fingerprint density at radius 1 is 1.18 bits per heavy atom. The van der Waals surface area contributed by atoms with Gasteiger partial charge in [0, 0.05) is 0 Å². The largest absolute Gasteiger partial charge is 0.346 e. The maximum Gasteiger partial charge on any atom is 0.243 e. The smallest absolute Gasteiger partial charge is 0.243 e. The summed E-state index contributed by atoms with van der Waals surface area (Å²) in [6, 6.07) is 0.733. The van der Waals surface area contributed by atoms with Crippen molar-refractivity contribution in [3.05, 3.63) is 29.6 Å². The number of nitrogens with two attached hydrogens (primary N) is 1. The van der Waals surface area contributed by atoms with E-state index in [1.807, 2.05) is 5.32 Å². The Bertz CT molecular complexity index is 585. The summed E-state index contributed by atoms with van der Waals surface area (Å²) in [6.07, 6.45) is 0. The van der Waals surface area contributed by atoms with Crippen LogP contribution in [0.3, 0.4) is 0 Å². The van der Waals surface area contributed by atoms with E-state index < -0.39 is 53.0 Å². The molecule has 8 heteroatoms. The maximum absolute atomic E-state index is 13.4. The lowest BCUT2D eigenvalue weighted by atomic mass is 9.87.